The molecular formula is C16H27N3O4. The van der Waals surface area contributed by atoms with Gasteiger partial charge in [-0.2, -0.15) is 0 Å². The maximum atomic E-state index is 12.4. The number of carbonyl (C=O) groups is 2. The Balaban J connectivity index is 1.42. The van der Waals surface area contributed by atoms with Crippen molar-refractivity contribution in [2.45, 2.75) is 56.7 Å². The highest BCUT2D eigenvalue weighted by molar-refractivity contribution is 5.75. The van der Waals surface area contributed by atoms with Gasteiger partial charge in [0.15, 0.2) is 0 Å². The summed E-state index contributed by atoms with van der Waals surface area (Å²) in [7, 11) is 0. The van der Waals surface area contributed by atoms with Crippen LogP contribution in [0.4, 0.5) is 4.79 Å². The molecule has 0 aromatic heterocycles. The van der Waals surface area contributed by atoms with Crippen molar-refractivity contribution >= 4 is 12.0 Å². The highest BCUT2D eigenvalue weighted by atomic mass is 16.5. The van der Waals surface area contributed by atoms with E-state index in [0.717, 1.165) is 32.2 Å². The molecule has 0 aromatic rings. The van der Waals surface area contributed by atoms with Crippen molar-refractivity contribution in [3.8, 4) is 0 Å². The Kier molecular flexibility index (Phi) is 4.77. The number of urea groups is 1. The third-order valence-electron chi connectivity index (χ3n) is 5.50. The Morgan fingerprint density at radius 1 is 1.39 bits per heavy atom. The molecule has 7 nitrogen and oxygen atoms in total. The molecule has 23 heavy (non-hydrogen) atoms. The Labute approximate surface area is 136 Å². The standard InChI is InChI=1S/C16H27N3O4/c1-2-18(10-14(20)21)13-8-12(9-13)17-15(22)19-6-7-23-16(11-19)4-3-5-16/h12-13H,2-11H2,1H3,(H,17,22)(H,20,21). The van der Waals surface area contributed by atoms with E-state index in [2.05, 4.69) is 5.32 Å². The van der Waals surface area contributed by atoms with Gasteiger partial charge >= 0.3 is 12.0 Å². The van der Waals surface area contributed by atoms with Gasteiger partial charge in [0.25, 0.3) is 0 Å². The van der Waals surface area contributed by atoms with Crippen molar-refractivity contribution in [1.29, 1.82) is 0 Å². The molecule has 130 valence electrons. The van der Waals surface area contributed by atoms with Gasteiger partial charge in [-0.1, -0.05) is 6.92 Å². The number of hydrogen-bond acceptors (Lipinski definition) is 4. The molecule has 3 fully saturated rings. The molecule has 3 aliphatic rings. The number of rotatable bonds is 5. The number of ether oxygens (including phenoxy) is 1. The zero-order valence-corrected chi connectivity index (χ0v) is 13.8. The maximum absolute atomic E-state index is 12.4. The number of nitrogens with one attached hydrogen (secondary N) is 1. The molecule has 1 spiro atoms. The number of nitrogens with zero attached hydrogens (tertiary/aromatic N) is 2. The fraction of sp³-hybridized carbons (Fsp3) is 0.875. The monoisotopic (exact) mass is 325 g/mol. The zero-order chi connectivity index (χ0) is 16.4. The number of likely N-dealkylation sites (N-methyl/N-ethyl adjacent to an activating group) is 1. The maximum Gasteiger partial charge on any atom is 0.317 e. The average Bonchev–Trinajstić information content (AvgIpc) is 2.46. The normalized spacial score (nSPS) is 29.0. The van der Waals surface area contributed by atoms with Gasteiger partial charge in [0.2, 0.25) is 0 Å². The number of amides is 2. The topological polar surface area (TPSA) is 82.1 Å². The predicted molar refractivity (Wildman–Crippen MR) is 84.3 cm³/mol. The average molecular weight is 325 g/mol. The van der Waals surface area contributed by atoms with Gasteiger partial charge in [0, 0.05) is 18.6 Å². The van der Waals surface area contributed by atoms with E-state index in [1.165, 1.54) is 6.42 Å². The lowest BCUT2D eigenvalue weighted by atomic mass is 9.79. The third kappa shape index (κ3) is 3.61. The summed E-state index contributed by atoms with van der Waals surface area (Å²) in [5.41, 5.74) is -0.0712. The fourth-order valence-corrected chi connectivity index (χ4v) is 3.83. The number of morpholine rings is 1. The summed E-state index contributed by atoms with van der Waals surface area (Å²) < 4.78 is 5.84. The molecule has 3 rings (SSSR count). The largest absolute Gasteiger partial charge is 0.480 e. The first-order chi connectivity index (χ1) is 11.0. The van der Waals surface area contributed by atoms with Crippen molar-refractivity contribution < 1.29 is 19.4 Å². The summed E-state index contributed by atoms with van der Waals surface area (Å²) in [6.45, 7) is 4.76. The predicted octanol–water partition coefficient (Wildman–Crippen LogP) is 0.888. The van der Waals surface area contributed by atoms with Crippen LogP contribution in [-0.4, -0.2) is 77.4 Å². The second-order valence-corrected chi connectivity index (χ2v) is 7.04. The van der Waals surface area contributed by atoms with Crippen molar-refractivity contribution in [3.05, 3.63) is 0 Å². The van der Waals surface area contributed by atoms with E-state index in [4.69, 9.17) is 9.84 Å². The number of aliphatic carboxylic acids is 1. The second kappa shape index (κ2) is 6.65. The van der Waals surface area contributed by atoms with E-state index in [1.54, 1.807) is 0 Å². The van der Waals surface area contributed by atoms with E-state index in [-0.39, 0.29) is 30.3 Å². The van der Waals surface area contributed by atoms with Crippen LogP contribution in [0, 0.1) is 0 Å². The van der Waals surface area contributed by atoms with Gasteiger partial charge in [-0.15, -0.1) is 0 Å². The van der Waals surface area contributed by atoms with Gasteiger partial charge < -0.3 is 20.1 Å². The Hall–Kier alpha value is -1.34. The summed E-state index contributed by atoms with van der Waals surface area (Å²) in [5.74, 6) is -0.793. The van der Waals surface area contributed by atoms with Crippen molar-refractivity contribution in [3.63, 3.8) is 0 Å². The molecule has 0 bridgehead atoms. The van der Waals surface area contributed by atoms with Crippen LogP contribution in [0.3, 0.4) is 0 Å². The zero-order valence-electron chi connectivity index (χ0n) is 13.8. The van der Waals surface area contributed by atoms with Crippen LogP contribution in [0.1, 0.15) is 39.0 Å². The first kappa shape index (κ1) is 16.5. The van der Waals surface area contributed by atoms with Crippen LogP contribution >= 0.6 is 0 Å². The molecule has 0 atom stereocenters. The van der Waals surface area contributed by atoms with Gasteiger partial charge in [-0.3, -0.25) is 9.69 Å². The fourth-order valence-electron chi connectivity index (χ4n) is 3.83. The van der Waals surface area contributed by atoms with E-state index in [9.17, 15) is 9.59 Å². The summed E-state index contributed by atoms with van der Waals surface area (Å²) in [6, 6.07) is 0.434. The first-order valence-electron chi connectivity index (χ1n) is 8.66. The van der Waals surface area contributed by atoms with Crippen LogP contribution in [0.15, 0.2) is 0 Å². The Morgan fingerprint density at radius 2 is 2.13 bits per heavy atom. The first-order valence-corrected chi connectivity index (χ1v) is 8.66. The minimum atomic E-state index is -0.793. The SMILES string of the molecule is CCN(CC(=O)O)C1CC(NC(=O)N2CCOC3(CCC3)C2)C1. The van der Waals surface area contributed by atoms with Gasteiger partial charge in [-0.05, 0) is 38.6 Å². The van der Waals surface area contributed by atoms with Crippen molar-refractivity contribution in [2.24, 2.45) is 0 Å². The number of carboxylic acids is 1. The van der Waals surface area contributed by atoms with Gasteiger partial charge in [0.1, 0.15) is 0 Å². The lowest BCUT2D eigenvalue weighted by Gasteiger charge is -2.49. The highest BCUT2D eigenvalue weighted by Crippen LogP contribution is 2.38. The van der Waals surface area contributed by atoms with Crippen molar-refractivity contribution in [2.75, 3.05) is 32.8 Å². The Bertz CT molecular complexity index is 460. The molecular weight excluding hydrogens is 298 g/mol. The molecule has 1 heterocycles. The third-order valence-corrected chi connectivity index (χ3v) is 5.50. The van der Waals surface area contributed by atoms with Crippen LogP contribution < -0.4 is 5.32 Å². The van der Waals surface area contributed by atoms with Gasteiger partial charge in [0.05, 0.1) is 25.3 Å². The Morgan fingerprint density at radius 3 is 2.70 bits per heavy atom. The summed E-state index contributed by atoms with van der Waals surface area (Å²) >= 11 is 0. The van der Waals surface area contributed by atoms with Crippen LogP contribution in [0.25, 0.3) is 0 Å². The van der Waals surface area contributed by atoms with Crippen LogP contribution in [0.5, 0.6) is 0 Å². The molecule has 2 N–H and O–H groups in total. The molecule has 7 heteroatoms. The summed E-state index contributed by atoms with van der Waals surface area (Å²) in [5, 5.41) is 12.0. The number of carboxylic acid groups (broad SMARTS) is 1. The van der Waals surface area contributed by atoms with E-state index in [1.807, 2.05) is 16.7 Å². The molecule has 1 saturated heterocycles. The highest BCUT2D eigenvalue weighted by Gasteiger charge is 2.44. The van der Waals surface area contributed by atoms with E-state index in [0.29, 0.717) is 19.7 Å². The quantitative estimate of drug-likeness (QED) is 0.784. The summed E-state index contributed by atoms with van der Waals surface area (Å²) in [4.78, 5) is 27.1. The van der Waals surface area contributed by atoms with E-state index < -0.39 is 5.97 Å². The van der Waals surface area contributed by atoms with Crippen LogP contribution in [-0.2, 0) is 9.53 Å². The lowest BCUT2D eigenvalue weighted by molar-refractivity contribution is -0.141. The minimum Gasteiger partial charge on any atom is -0.480 e. The molecule has 0 aromatic carbocycles. The summed E-state index contributed by atoms with van der Waals surface area (Å²) in [6.07, 6.45) is 4.98. The number of hydrogen-bond donors (Lipinski definition) is 2. The van der Waals surface area contributed by atoms with Gasteiger partial charge in [-0.25, -0.2) is 4.79 Å². The second-order valence-electron chi connectivity index (χ2n) is 7.04. The van der Waals surface area contributed by atoms with E-state index >= 15 is 0 Å². The minimum absolute atomic E-state index is 0.00399. The van der Waals surface area contributed by atoms with Crippen LogP contribution in [0.2, 0.25) is 0 Å². The smallest absolute Gasteiger partial charge is 0.317 e. The molecule has 1 aliphatic heterocycles. The molecule has 0 radical (unpaired) electrons. The molecule has 0 unspecified atom stereocenters. The number of carbonyl (C=O) groups excluding carboxylic acids is 1. The molecule has 2 amide bonds. The lowest BCUT2D eigenvalue weighted by Crippen LogP contribution is -2.61. The van der Waals surface area contributed by atoms with Crippen molar-refractivity contribution in [1.82, 2.24) is 15.1 Å². The molecule has 2 aliphatic carbocycles. The molecule has 2 saturated carbocycles.